The molecule has 0 saturated carbocycles. The van der Waals surface area contributed by atoms with Crippen molar-refractivity contribution in [2.45, 2.75) is 33.4 Å². The van der Waals surface area contributed by atoms with Gasteiger partial charge in [-0.2, -0.15) is 4.68 Å². The first-order valence-electron chi connectivity index (χ1n) is 10.3. The van der Waals surface area contributed by atoms with Crippen molar-refractivity contribution in [3.63, 3.8) is 0 Å². The van der Waals surface area contributed by atoms with E-state index in [0.29, 0.717) is 0 Å². The van der Waals surface area contributed by atoms with Gasteiger partial charge in [-0.15, -0.1) is 5.10 Å². The van der Waals surface area contributed by atoms with Gasteiger partial charge >= 0.3 is 0 Å². The Morgan fingerprint density at radius 3 is 2.33 bits per heavy atom. The molecule has 2 atom stereocenters. The normalized spacial score (nSPS) is 13.2. The number of rotatable bonds is 6. The van der Waals surface area contributed by atoms with Crippen molar-refractivity contribution in [3.8, 4) is 5.69 Å². The number of hydrogen-bond acceptors (Lipinski definition) is 3. The minimum Gasteiger partial charge on any atom is -0.321 e. The fourth-order valence-corrected chi connectivity index (χ4v) is 4.09. The van der Waals surface area contributed by atoms with E-state index in [1.54, 1.807) is 0 Å². The number of nitrogens with one attached hydrogen (secondary N) is 1. The van der Waals surface area contributed by atoms with E-state index in [0.717, 1.165) is 23.6 Å². The lowest BCUT2D eigenvalue weighted by atomic mass is 10.0. The van der Waals surface area contributed by atoms with Gasteiger partial charge < -0.3 is 4.90 Å². The molecule has 1 heterocycles. The summed E-state index contributed by atoms with van der Waals surface area (Å²) < 4.78 is 1.89. The Bertz CT molecular complexity index is 1130. The monoisotopic (exact) mass is 398 g/mol. The molecule has 0 radical (unpaired) electrons. The van der Waals surface area contributed by atoms with Crippen LogP contribution in [0.15, 0.2) is 72.8 Å². The molecule has 4 aromatic rings. The third-order valence-corrected chi connectivity index (χ3v) is 5.69. The summed E-state index contributed by atoms with van der Waals surface area (Å²) in [4.78, 5) is 1.32. The summed E-state index contributed by atoms with van der Waals surface area (Å²) in [5.74, 6) is 0.845. The highest BCUT2D eigenvalue weighted by molar-refractivity contribution is 5.40. The van der Waals surface area contributed by atoms with Crippen molar-refractivity contribution in [1.82, 2.24) is 20.2 Å². The number of para-hydroxylation sites is 1. The van der Waals surface area contributed by atoms with Crippen molar-refractivity contribution >= 4 is 0 Å². The van der Waals surface area contributed by atoms with E-state index in [1.165, 1.54) is 27.2 Å². The zero-order valence-corrected chi connectivity index (χ0v) is 18.0. The molecule has 5 heteroatoms. The molecule has 1 unspecified atom stereocenters. The van der Waals surface area contributed by atoms with Gasteiger partial charge in [-0.3, -0.25) is 0 Å². The van der Waals surface area contributed by atoms with Crippen LogP contribution in [0.3, 0.4) is 0 Å². The van der Waals surface area contributed by atoms with Crippen molar-refractivity contribution in [2.24, 2.45) is 0 Å². The highest BCUT2D eigenvalue weighted by Crippen LogP contribution is 2.21. The minimum absolute atomic E-state index is 0.00140. The quantitative estimate of drug-likeness (QED) is 0.542. The number of tetrazole rings is 1. The van der Waals surface area contributed by atoms with E-state index in [1.807, 2.05) is 22.9 Å². The molecule has 0 bridgehead atoms. The van der Waals surface area contributed by atoms with Crippen molar-refractivity contribution in [3.05, 3.63) is 106 Å². The van der Waals surface area contributed by atoms with E-state index in [4.69, 9.17) is 0 Å². The van der Waals surface area contributed by atoms with Gasteiger partial charge in [0.15, 0.2) is 6.04 Å². The van der Waals surface area contributed by atoms with Crippen LogP contribution >= 0.6 is 0 Å². The van der Waals surface area contributed by atoms with E-state index in [-0.39, 0.29) is 6.04 Å². The molecular weight excluding hydrogens is 370 g/mol. The smallest absolute Gasteiger partial charge is 0.218 e. The second-order valence-electron chi connectivity index (χ2n) is 8.03. The molecule has 30 heavy (non-hydrogen) atoms. The summed E-state index contributed by atoms with van der Waals surface area (Å²) in [6.07, 6.45) is 0. The molecule has 0 aliphatic rings. The molecule has 1 N–H and O–H groups in total. The molecule has 0 fully saturated rings. The number of aryl methyl sites for hydroxylation is 3. The number of aromatic nitrogens is 4. The molecule has 5 nitrogen and oxygen atoms in total. The van der Waals surface area contributed by atoms with Gasteiger partial charge in [-0.05, 0) is 48.4 Å². The molecule has 3 aromatic carbocycles. The average molecular weight is 399 g/mol. The van der Waals surface area contributed by atoms with Crippen LogP contribution in [0.1, 0.15) is 39.7 Å². The third-order valence-electron chi connectivity index (χ3n) is 5.69. The van der Waals surface area contributed by atoms with Crippen LogP contribution in [0.25, 0.3) is 5.69 Å². The van der Waals surface area contributed by atoms with E-state index >= 15 is 0 Å². The van der Waals surface area contributed by atoms with Gasteiger partial charge in [0.05, 0.1) is 12.7 Å². The average Bonchev–Trinajstić information content (AvgIpc) is 3.20. The molecule has 0 amide bonds. The summed E-state index contributed by atoms with van der Waals surface area (Å²) >= 11 is 0. The van der Waals surface area contributed by atoms with Gasteiger partial charge in [-0.25, -0.2) is 0 Å². The van der Waals surface area contributed by atoms with Gasteiger partial charge in [0.25, 0.3) is 0 Å². The van der Waals surface area contributed by atoms with Gasteiger partial charge in [0, 0.05) is 11.1 Å². The Labute approximate surface area is 178 Å². The van der Waals surface area contributed by atoms with Gasteiger partial charge in [0.2, 0.25) is 5.82 Å². The summed E-state index contributed by atoms with van der Waals surface area (Å²) in [6.45, 7) is 7.29. The second kappa shape index (κ2) is 8.59. The zero-order valence-electron chi connectivity index (χ0n) is 18.0. The van der Waals surface area contributed by atoms with Crippen molar-refractivity contribution in [2.75, 3.05) is 7.05 Å². The van der Waals surface area contributed by atoms with Crippen LogP contribution in [-0.4, -0.2) is 27.3 Å². The first kappa shape index (κ1) is 20.0. The lowest BCUT2D eigenvalue weighted by Crippen LogP contribution is -3.08. The van der Waals surface area contributed by atoms with Crippen LogP contribution in [-0.2, 0) is 6.54 Å². The summed E-state index contributed by atoms with van der Waals surface area (Å²) in [6, 6.07) is 25.4. The fourth-order valence-electron chi connectivity index (χ4n) is 4.09. The van der Waals surface area contributed by atoms with Crippen LogP contribution in [0.2, 0.25) is 0 Å². The van der Waals surface area contributed by atoms with Gasteiger partial charge in [-0.1, -0.05) is 72.3 Å². The maximum Gasteiger partial charge on any atom is 0.218 e. The number of quaternary nitrogens is 1. The van der Waals surface area contributed by atoms with Crippen LogP contribution < -0.4 is 4.90 Å². The Hall–Kier alpha value is -3.31. The second-order valence-corrected chi connectivity index (χ2v) is 8.03. The molecule has 0 saturated heterocycles. The van der Waals surface area contributed by atoms with E-state index in [9.17, 15) is 0 Å². The predicted octanol–water partition coefficient (Wildman–Crippen LogP) is 3.39. The highest BCUT2D eigenvalue weighted by atomic mass is 15.6. The molecule has 0 aliphatic heterocycles. The Morgan fingerprint density at radius 2 is 1.60 bits per heavy atom. The predicted molar refractivity (Wildman–Crippen MR) is 119 cm³/mol. The molecule has 4 rings (SSSR count). The molecule has 1 aromatic heterocycles. The first-order chi connectivity index (χ1) is 14.5. The standard InChI is InChI=1S/C25H27N5/c1-18-14-15-22(20(3)16-18)17-29(4)24(21-11-6-5-7-12-21)25-26-27-28-30(25)23-13-9-8-10-19(23)2/h5-16,24H,17H2,1-4H3/p+1/t24-/m0/s1. The molecule has 0 spiro atoms. The van der Waals surface area contributed by atoms with Crippen molar-refractivity contribution in [1.29, 1.82) is 0 Å². The lowest BCUT2D eigenvalue weighted by Gasteiger charge is -2.25. The van der Waals surface area contributed by atoms with E-state index < -0.39 is 0 Å². The number of benzene rings is 3. The first-order valence-corrected chi connectivity index (χ1v) is 10.3. The van der Waals surface area contributed by atoms with Gasteiger partial charge in [0.1, 0.15) is 6.54 Å². The van der Waals surface area contributed by atoms with Crippen LogP contribution in [0.5, 0.6) is 0 Å². The summed E-state index contributed by atoms with van der Waals surface area (Å²) in [5.41, 5.74) is 7.30. The van der Waals surface area contributed by atoms with Crippen LogP contribution in [0, 0.1) is 20.8 Å². The topological polar surface area (TPSA) is 48.0 Å². The molecule has 0 aliphatic carbocycles. The maximum absolute atomic E-state index is 4.49. The Kier molecular flexibility index (Phi) is 5.72. The maximum atomic E-state index is 4.49. The van der Waals surface area contributed by atoms with Crippen molar-refractivity contribution < 1.29 is 4.90 Å². The Morgan fingerprint density at radius 1 is 0.867 bits per heavy atom. The minimum atomic E-state index is 0.00140. The van der Waals surface area contributed by atoms with E-state index in [2.05, 4.69) is 97.9 Å². The summed E-state index contributed by atoms with van der Waals surface area (Å²) in [7, 11) is 2.22. The molecule has 152 valence electrons. The highest BCUT2D eigenvalue weighted by Gasteiger charge is 2.30. The van der Waals surface area contributed by atoms with Crippen LogP contribution in [0.4, 0.5) is 0 Å². The molecular formula is C25H28N5+. The Balaban J connectivity index is 1.77. The fraction of sp³-hybridized carbons (Fsp3) is 0.240. The summed E-state index contributed by atoms with van der Waals surface area (Å²) in [5, 5.41) is 12.9. The number of nitrogens with zero attached hydrogens (tertiary/aromatic N) is 4. The third kappa shape index (κ3) is 4.02. The lowest BCUT2D eigenvalue weighted by molar-refractivity contribution is -0.920. The largest absolute Gasteiger partial charge is 0.321 e. The number of hydrogen-bond donors (Lipinski definition) is 1. The zero-order chi connectivity index (χ0) is 21.1. The SMILES string of the molecule is Cc1ccc(C[NH+](C)[C@@H](c2ccccc2)c2nnnn2-c2ccccc2C)c(C)c1.